The van der Waals surface area contributed by atoms with Crippen LogP contribution in [0.4, 0.5) is 30.2 Å². The molecule has 4 nitrogen and oxygen atoms in total. The van der Waals surface area contributed by atoms with E-state index in [9.17, 15) is 21.6 Å². The molecule has 0 saturated carbocycles. The normalized spacial score (nSPS) is 16.4. The zero-order valence-electron chi connectivity index (χ0n) is 10.4. The van der Waals surface area contributed by atoms with E-state index >= 15 is 0 Å². The van der Waals surface area contributed by atoms with Crippen molar-refractivity contribution >= 4 is 27.3 Å². The van der Waals surface area contributed by atoms with E-state index in [-0.39, 0.29) is 11.4 Å². The quantitative estimate of drug-likeness (QED) is 0.875. The molecular formula is C13H9F3N2O2S. The molecule has 0 fully saturated rings. The van der Waals surface area contributed by atoms with E-state index < -0.39 is 21.9 Å². The summed E-state index contributed by atoms with van der Waals surface area (Å²) >= 11 is 0. The van der Waals surface area contributed by atoms with Gasteiger partial charge in [0, 0.05) is 0 Å². The number of fused-ring (bicyclic) bond motifs is 1. The second-order valence-electron chi connectivity index (χ2n) is 4.44. The highest BCUT2D eigenvalue weighted by molar-refractivity contribution is 7.95. The fraction of sp³-hybridized carbons (Fsp3) is 0.0769. The van der Waals surface area contributed by atoms with Crippen LogP contribution in [-0.4, -0.2) is 8.42 Å². The van der Waals surface area contributed by atoms with E-state index in [1.165, 1.54) is 0 Å². The number of rotatable bonds is 1. The number of hydrogen-bond donors (Lipinski definition) is 1. The molecule has 0 radical (unpaired) electrons. The summed E-state index contributed by atoms with van der Waals surface area (Å²) in [4.78, 5) is 0. The topological polar surface area (TPSA) is 49.4 Å². The third kappa shape index (κ3) is 2.31. The van der Waals surface area contributed by atoms with Crippen LogP contribution in [-0.2, 0) is 16.4 Å². The van der Waals surface area contributed by atoms with Crippen molar-refractivity contribution < 1.29 is 21.6 Å². The average molecular weight is 314 g/mol. The Morgan fingerprint density at radius 1 is 1.00 bits per heavy atom. The van der Waals surface area contributed by atoms with E-state index in [1.54, 1.807) is 30.3 Å². The summed E-state index contributed by atoms with van der Waals surface area (Å²) in [5.74, 6) is 0. The van der Waals surface area contributed by atoms with E-state index in [2.05, 4.69) is 4.72 Å². The molecule has 0 atom stereocenters. The molecule has 3 rings (SSSR count). The Morgan fingerprint density at radius 2 is 1.67 bits per heavy atom. The zero-order chi connectivity index (χ0) is 15.3. The predicted molar refractivity (Wildman–Crippen MR) is 72.6 cm³/mol. The highest BCUT2D eigenvalue weighted by Gasteiger charge is 2.37. The van der Waals surface area contributed by atoms with Gasteiger partial charge in [-0.25, -0.2) is 4.31 Å². The second-order valence-corrected chi connectivity index (χ2v) is 5.96. The van der Waals surface area contributed by atoms with Crippen LogP contribution in [0.3, 0.4) is 0 Å². The number of para-hydroxylation sites is 1. The van der Waals surface area contributed by atoms with Gasteiger partial charge in [0.05, 0.1) is 22.6 Å². The van der Waals surface area contributed by atoms with Gasteiger partial charge in [-0.2, -0.15) is 21.6 Å². The van der Waals surface area contributed by atoms with Crippen molar-refractivity contribution in [2.75, 3.05) is 9.03 Å². The van der Waals surface area contributed by atoms with E-state index in [0.717, 1.165) is 22.5 Å². The van der Waals surface area contributed by atoms with Crippen molar-refractivity contribution in [3.63, 3.8) is 0 Å². The molecular weight excluding hydrogens is 305 g/mol. The summed E-state index contributed by atoms with van der Waals surface area (Å²) in [6.45, 7) is 0. The van der Waals surface area contributed by atoms with Gasteiger partial charge < -0.3 is 0 Å². The van der Waals surface area contributed by atoms with Crippen LogP contribution in [0.25, 0.3) is 0 Å². The molecule has 1 N–H and O–H groups in total. The summed E-state index contributed by atoms with van der Waals surface area (Å²) in [6, 6.07) is 10.9. The molecule has 21 heavy (non-hydrogen) atoms. The van der Waals surface area contributed by atoms with Gasteiger partial charge in [0.1, 0.15) is 0 Å². The first kappa shape index (κ1) is 13.7. The molecule has 0 saturated heterocycles. The molecule has 0 aliphatic carbocycles. The Hall–Kier alpha value is -2.22. The number of benzene rings is 2. The van der Waals surface area contributed by atoms with Crippen LogP contribution in [0.1, 0.15) is 5.56 Å². The minimum atomic E-state index is -4.53. The second kappa shape index (κ2) is 4.39. The molecule has 8 heteroatoms. The first-order valence-corrected chi connectivity index (χ1v) is 7.32. The Morgan fingerprint density at radius 3 is 2.29 bits per heavy atom. The lowest BCUT2D eigenvalue weighted by molar-refractivity contribution is -0.137. The monoisotopic (exact) mass is 314 g/mol. The van der Waals surface area contributed by atoms with Crippen molar-refractivity contribution in [2.24, 2.45) is 0 Å². The van der Waals surface area contributed by atoms with Crippen LogP contribution < -0.4 is 9.03 Å². The fourth-order valence-electron chi connectivity index (χ4n) is 2.13. The first-order valence-electron chi connectivity index (χ1n) is 5.88. The maximum absolute atomic E-state index is 12.7. The highest BCUT2D eigenvalue weighted by Crippen LogP contribution is 2.43. The Balaban J connectivity index is 2.15. The minimum Gasteiger partial charge on any atom is -0.264 e. The molecule has 0 bridgehead atoms. The van der Waals surface area contributed by atoms with Gasteiger partial charge in [-0.1, -0.05) is 18.2 Å². The maximum Gasteiger partial charge on any atom is 0.416 e. The van der Waals surface area contributed by atoms with Crippen molar-refractivity contribution in [2.45, 2.75) is 6.18 Å². The van der Waals surface area contributed by atoms with Crippen LogP contribution >= 0.6 is 0 Å². The predicted octanol–water partition coefficient (Wildman–Crippen LogP) is 3.51. The average Bonchev–Trinajstić information content (AvgIpc) is 2.67. The van der Waals surface area contributed by atoms with Gasteiger partial charge in [0.25, 0.3) is 0 Å². The van der Waals surface area contributed by atoms with Crippen molar-refractivity contribution in [1.29, 1.82) is 0 Å². The van der Waals surface area contributed by atoms with E-state index in [4.69, 9.17) is 0 Å². The molecule has 0 unspecified atom stereocenters. The maximum atomic E-state index is 12.7. The number of anilines is 3. The largest absolute Gasteiger partial charge is 0.416 e. The summed E-state index contributed by atoms with van der Waals surface area (Å²) in [5, 5.41) is 0. The molecule has 1 heterocycles. The SMILES string of the molecule is O=S1(=O)Nc2cc(C(F)(F)F)ccc2N1c1ccccc1. The Bertz CT molecular complexity index is 789. The van der Waals surface area contributed by atoms with Gasteiger partial charge >= 0.3 is 16.4 Å². The summed E-state index contributed by atoms with van der Waals surface area (Å²) in [6.07, 6.45) is -4.53. The number of alkyl halides is 3. The molecule has 0 aromatic heterocycles. The molecule has 110 valence electrons. The number of nitrogens with one attached hydrogen (secondary N) is 1. The standard InChI is InChI=1S/C13H9F3N2O2S/c14-13(15,16)9-6-7-12-11(8-9)17-21(19,20)18(12)10-4-2-1-3-5-10/h1-8,17H. The minimum absolute atomic E-state index is 0.0892. The lowest BCUT2D eigenvalue weighted by atomic mass is 10.1. The van der Waals surface area contributed by atoms with Gasteiger partial charge in [0.15, 0.2) is 0 Å². The summed E-state index contributed by atoms with van der Waals surface area (Å²) in [7, 11) is -3.95. The van der Waals surface area contributed by atoms with Gasteiger partial charge in [0.2, 0.25) is 0 Å². The molecule has 1 aliphatic heterocycles. The van der Waals surface area contributed by atoms with Crippen LogP contribution in [0.15, 0.2) is 48.5 Å². The third-order valence-electron chi connectivity index (χ3n) is 3.01. The Kier molecular flexibility index (Phi) is 2.87. The number of nitrogens with zero attached hydrogens (tertiary/aromatic N) is 1. The third-order valence-corrected chi connectivity index (χ3v) is 4.38. The first-order chi connectivity index (χ1) is 9.79. The smallest absolute Gasteiger partial charge is 0.264 e. The van der Waals surface area contributed by atoms with Crippen LogP contribution in [0.5, 0.6) is 0 Å². The fourth-order valence-corrected chi connectivity index (χ4v) is 3.48. The number of halogens is 3. The molecule has 0 spiro atoms. The van der Waals surface area contributed by atoms with Crippen molar-refractivity contribution in [3.05, 3.63) is 54.1 Å². The summed E-state index contributed by atoms with van der Waals surface area (Å²) in [5.41, 5.74) is -0.481. The van der Waals surface area contributed by atoms with Crippen molar-refractivity contribution in [1.82, 2.24) is 0 Å². The van der Waals surface area contributed by atoms with Crippen LogP contribution in [0, 0.1) is 0 Å². The van der Waals surface area contributed by atoms with Crippen LogP contribution in [0.2, 0.25) is 0 Å². The van der Waals surface area contributed by atoms with Crippen molar-refractivity contribution in [3.8, 4) is 0 Å². The van der Waals surface area contributed by atoms with E-state index in [1.807, 2.05) is 0 Å². The lowest BCUT2D eigenvalue weighted by Crippen LogP contribution is -2.25. The molecule has 2 aromatic rings. The molecule has 2 aromatic carbocycles. The molecule has 1 aliphatic rings. The highest BCUT2D eigenvalue weighted by atomic mass is 32.2. The zero-order valence-corrected chi connectivity index (χ0v) is 11.2. The Labute approximate surface area is 119 Å². The van der Waals surface area contributed by atoms with Gasteiger partial charge in [-0.15, -0.1) is 0 Å². The van der Waals surface area contributed by atoms with E-state index in [0.29, 0.717) is 5.69 Å². The lowest BCUT2D eigenvalue weighted by Gasteiger charge is -2.16. The summed E-state index contributed by atoms with van der Waals surface area (Å²) < 4.78 is 65.4. The van der Waals surface area contributed by atoms with Gasteiger partial charge in [-0.3, -0.25) is 4.72 Å². The number of hydrogen-bond acceptors (Lipinski definition) is 2. The molecule has 0 amide bonds. The van der Waals surface area contributed by atoms with Gasteiger partial charge in [-0.05, 0) is 30.3 Å².